The zero-order valence-electron chi connectivity index (χ0n) is 9.10. The van der Waals surface area contributed by atoms with Gasteiger partial charge in [0.25, 0.3) is 0 Å². The minimum Gasteiger partial charge on any atom is -0.374 e. The first kappa shape index (κ1) is 9.09. The van der Waals surface area contributed by atoms with E-state index in [-0.39, 0.29) is 0 Å². The van der Waals surface area contributed by atoms with Crippen LogP contribution in [0.2, 0.25) is 0 Å². The Morgan fingerprint density at radius 3 is 2.60 bits per heavy atom. The smallest absolute Gasteiger partial charge is 0.226 e. The van der Waals surface area contributed by atoms with Gasteiger partial charge >= 0.3 is 0 Å². The molecule has 15 heavy (non-hydrogen) atoms. The molecule has 2 atom stereocenters. The molecule has 2 saturated heterocycles. The fraction of sp³-hybridized carbons (Fsp3) is 0.636. The van der Waals surface area contributed by atoms with Gasteiger partial charge in [-0.2, -0.15) is 0 Å². The van der Waals surface area contributed by atoms with Crippen LogP contribution in [0.5, 0.6) is 0 Å². The molecule has 2 aliphatic heterocycles. The van der Waals surface area contributed by atoms with Gasteiger partial charge in [-0.15, -0.1) is 0 Å². The zero-order valence-corrected chi connectivity index (χ0v) is 9.10. The molecule has 2 bridgehead atoms. The van der Waals surface area contributed by atoms with Gasteiger partial charge in [0.1, 0.15) is 0 Å². The highest BCUT2D eigenvalue weighted by Crippen LogP contribution is 2.30. The van der Waals surface area contributed by atoms with Gasteiger partial charge in [0.2, 0.25) is 5.95 Å². The van der Waals surface area contributed by atoms with Crippen molar-refractivity contribution >= 4 is 5.95 Å². The molecule has 0 aromatic carbocycles. The highest BCUT2D eigenvalue weighted by atomic mass is 16.5. The molecule has 0 N–H and O–H groups in total. The van der Waals surface area contributed by atoms with Crippen molar-refractivity contribution in [3.63, 3.8) is 0 Å². The van der Waals surface area contributed by atoms with Crippen LogP contribution in [-0.4, -0.2) is 35.3 Å². The van der Waals surface area contributed by atoms with E-state index in [0.717, 1.165) is 36.9 Å². The molecule has 1 aromatic heterocycles. The highest BCUT2D eigenvalue weighted by Gasteiger charge is 2.40. The number of morpholine rings is 1. The van der Waals surface area contributed by atoms with Gasteiger partial charge < -0.3 is 9.64 Å². The predicted molar refractivity (Wildman–Crippen MR) is 57.0 cm³/mol. The molecule has 0 amide bonds. The summed E-state index contributed by atoms with van der Waals surface area (Å²) < 4.78 is 5.57. The first-order chi connectivity index (χ1) is 7.22. The summed E-state index contributed by atoms with van der Waals surface area (Å²) in [6, 6.07) is 2.50. The molecule has 0 unspecified atom stereocenters. The van der Waals surface area contributed by atoms with E-state index in [9.17, 15) is 0 Å². The number of ether oxygens (including phenoxy) is 1. The quantitative estimate of drug-likeness (QED) is 0.687. The Bertz CT molecular complexity index is 373. The average Bonchev–Trinajstić information content (AvgIpc) is 2.76. The van der Waals surface area contributed by atoms with Crippen molar-refractivity contribution in [2.75, 3.05) is 18.1 Å². The van der Waals surface area contributed by atoms with Gasteiger partial charge in [-0.05, 0) is 26.3 Å². The van der Waals surface area contributed by atoms with Crippen LogP contribution in [0.25, 0.3) is 0 Å². The van der Waals surface area contributed by atoms with Crippen molar-refractivity contribution < 1.29 is 4.74 Å². The second-order valence-corrected chi connectivity index (χ2v) is 4.45. The topological polar surface area (TPSA) is 38.2 Å². The van der Waals surface area contributed by atoms with E-state index in [0.29, 0.717) is 12.1 Å². The van der Waals surface area contributed by atoms with Crippen molar-refractivity contribution in [3.05, 3.63) is 17.5 Å². The van der Waals surface area contributed by atoms with E-state index in [2.05, 4.69) is 14.9 Å². The van der Waals surface area contributed by atoms with E-state index in [4.69, 9.17) is 4.74 Å². The van der Waals surface area contributed by atoms with Gasteiger partial charge in [0.05, 0.1) is 18.8 Å². The summed E-state index contributed by atoms with van der Waals surface area (Å²) >= 11 is 0. The van der Waals surface area contributed by atoms with Crippen molar-refractivity contribution in [3.8, 4) is 0 Å². The average molecular weight is 205 g/mol. The number of nitrogens with zero attached hydrogens (tertiary/aromatic N) is 3. The van der Waals surface area contributed by atoms with E-state index < -0.39 is 0 Å². The second kappa shape index (κ2) is 3.17. The van der Waals surface area contributed by atoms with Gasteiger partial charge in [-0.3, -0.25) is 0 Å². The lowest BCUT2D eigenvalue weighted by atomic mass is 10.2. The summed E-state index contributed by atoms with van der Waals surface area (Å²) in [6.07, 6.45) is 1.54. The lowest BCUT2D eigenvalue weighted by Gasteiger charge is -2.27. The third kappa shape index (κ3) is 1.49. The highest BCUT2D eigenvalue weighted by molar-refractivity contribution is 5.37. The number of anilines is 1. The molecule has 2 fully saturated rings. The first-order valence-corrected chi connectivity index (χ1v) is 5.43. The SMILES string of the molecule is Cc1cc(C)nc(N2C[C@H]3C[C@H]2CO3)n1. The molecule has 0 radical (unpaired) electrons. The van der Waals surface area contributed by atoms with Gasteiger partial charge in [-0.25, -0.2) is 9.97 Å². The standard InChI is InChI=1S/C11H15N3O/c1-7-3-8(2)13-11(12-7)14-5-10-4-9(14)6-15-10/h3,9-10H,4-6H2,1-2H3/t9-,10+/m0/s1. The van der Waals surface area contributed by atoms with Crippen molar-refractivity contribution in [1.29, 1.82) is 0 Å². The Labute approximate surface area is 89.3 Å². The van der Waals surface area contributed by atoms with Crippen LogP contribution in [0.4, 0.5) is 5.95 Å². The molecule has 1 aromatic rings. The Hall–Kier alpha value is -1.16. The van der Waals surface area contributed by atoms with Crippen LogP contribution in [-0.2, 0) is 4.74 Å². The number of fused-ring (bicyclic) bond motifs is 2. The van der Waals surface area contributed by atoms with Gasteiger partial charge in [0.15, 0.2) is 0 Å². The number of aromatic nitrogens is 2. The fourth-order valence-corrected chi connectivity index (χ4v) is 2.48. The largest absolute Gasteiger partial charge is 0.374 e. The Morgan fingerprint density at radius 2 is 2.07 bits per heavy atom. The molecule has 0 saturated carbocycles. The van der Waals surface area contributed by atoms with Gasteiger partial charge in [-0.1, -0.05) is 0 Å². The maximum absolute atomic E-state index is 5.57. The molecule has 2 aliphatic rings. The molecule has 4 nitrogen and oxygen atoms in total. The van der Waals surface area contributed by atoms with Crippen molar-refractivity contribution in [2.24, 2.45) is 0 Å². The first-order valence-electron chi connectivity index (χ1n) is 5.43. The van der Waals surface area contributed by atoms with Crippen molar-refractivity contribution in [1.82, 2.24) is 9.97 Å². The summed E-state index contributed by atoms with van der Waals surface area (Å²) in [5.74, 6) is 0.878. The molecule has 80 valence electrons. The number of hydrogen-bond acceptors (Lipinski definition) is 4. The summed E-state index contributed by atoms with van der Waals surface area (Å²) in [5.41, 5.74) is 2.09. The zero-order chi connectivity index (χ0) is 10.4. The van der Waals surface area contributed by atoms with Crippen LogP contribution in [0, 0.1) is 13.8 Å². The van der Waals surface area contributed by atoms with Crippen LogP contribution >= 0.6 is 0 Å². The minimum atomic E-state index is 0.402. The Kier molecular flexibility index (Phi) is 1.92. The van der Waals surface area contributed by atoms with E-state index in [1.165, 1.54) is 0 Å². The fourth-order valence-electron chi connectivity index (χ4n) is 2.48. The summed E-state index contributed by atoms with van der Waals surface area (Å²) in [6.45, 7) is 5.82. The molecule has 3 rings (SSSR count). The van der Waals surface area contributed by atoms with Crippen molar-refractivity contribution in [2.45, 2.75) is 32.4 Å². The molecular formula is C11H15N3O. The summed E-state index contributed by atoms with van der Waals surface area (Å²) in [5, 5.41) is 0. The molecule has 0 spiro atoms. The predicted octanol–water partition coefficient (Wildman–Crippen LogP) is 1.07. The van der Waals surface area contributed by atoms with Crippen LogP contribution in [0.15, 0.2) is 6.07 Å². The Morgan fingerprint density at radius 1 is 1.33 bits per heavy atom. The summed E-state index contributed by atoms with van der Waals surface area (Å²) in [4.78, 5) is 11.3. The van der Waals surface area contributed by atoms with Crippen LogP contribution in [0.3, 0.4) is 0 Å². The van der Waals surface area contributed by atoms with E-state index in [1.807, 2.05) is 19.9 Å². The maximum atomic E-state index is 5.57. The number of aryl methyl sites for hydroxylation is 2. The molecule has 0 aliphatic carbocycles. The number of rotatable bonds is 1. The molecule has 4 heteroatoms. The lowest BCUT2D eigenvalue weighted by Crippen LogP contribution is -2.38. The normalized spacial score (nSPS) is 28.8. The third-order valence-corrected chi connectivity index (χ3v) is 3.13. The lowest BCUT2D eigenvalue weighted by molar-refractivity contribution is 0.0986. The van der Waals surface area contributed by atoms with Gasteiger partial charge in [0, 0.05) is 17.9 Å². The molecular weight excluding hydrogens is 190 g/mol. The maximum Gasteiger partial charge on any atom is 0.226 e. The van der Waals surface area contributed by atoms with Crippen LogP contribution in [0.1, 0.15) is 17.8 Å². The van der Waals surface area contributed by atoms with E-state index >= 15 is 0 Å². The molecule has 3 heterocycles. The summed E-state index contributed by atoms with van der Waals surface area (Å²) in [7, 11) is 0. The second-order valence-electron chi connectivity index (χ2n) is 4.45. The number of hydrogen-bond donors (Lipinski definition) is 0. The monoisotopic (exact) mass is 205 g/mol. The van der Waals surface area contributed by atoms with Crippen LogP contribution < -0.4 is 4.90 Å². The van der Waals surface area contributed by atoms with E-state index in [1.54, 1.807) is 0 Å². The Balaban J connectivity index is 1.93. The third-order valence-electron chi connectivity index (χ3n) is 3.13. The minimum absolute atomic E-state index is 0.402.